The number of hydrogen-bond donors (Lipinski definition) is 1. The van der Waals surface area contributed by atoms with Gasteiger partial charge in [0.2, 0.25) is 0 Å². The smallest absolute Gasteiger partial charge is 0.0321 e. The van der Waals surface area contributed by atoms with E-state index >= 15 is 0 Å². The maximum absolute atomic E-state index is 5.96. The summed E-state index contributed by atoms with van der Waals surface area (Å²) >= 11 is 5.30. The molecule has 1 rings (SSSR count). The summed E-state index contributed by atoms with van der Waals surface area (Å²) in [5, 5.41) is 0. The van der Waals surface area contributed by atoms with Crippen molar-refractivity contribution in [3.63, 3.8) is 0 Å². The van der Waals surface area contributed by atoms with Crippen LogP contribution in [-0.4, -0.2) is 11.8 Å². The van der Waals surface area contributed by atoms with E-state index in [1.54, 1.807) is 11.8 Å². The third-order valence-corrected chi connectivity index (χ3v) is 3.99. The molecule has 2 N–H and O–H groups in total. The van der Waals surface area contributed by atoms with E-state index < -0.39 is 0 Å². The largest absolute Gasteiger partial charge is 0.324 e. The first kappa shape index (κ1) is 12.8. The van der Waals surface area contributed by atoms with Gasteiger partial charge in [0, 0.05) is 21.2 Å². The molecule has 1 atom stereocenters. The first-order chi connectivity index (χ1) is 7.09. The van der Waals surface area contributed by atoms with E-state index in [0.717, 1.165) is 10.2 Å². The molecule has 0 aliphatic rings. The van der Waals surface area contributed by atoms with Gasteiger partial charge in [-0.25, -0.2) is 0 Å². The van der Waals surface area contributed by atoms with Gasteiger partial charge in [-0.2, -0.15) is 0 Å². The van der Waals surface area contributed by atoms with Gasteiger partial charge in [0.25, 0.3) is 0 Å². The summed E-state index contributed by atoms with van der Waals surface area (Å²) in [6.07, 6.45) is 2.10. The van der Waals surface area contributed by atoms with Gasteiger partial charge in [-0.1, -0.05) is 23.8 Å². The Morgan fingerprint density at radius 1 is 1.47 bits per heavy atom. The van der Waals surface area contributed by atoms with Crippen LogP contribution >= 0.6 is 27.7 Å². The van der Waals surface area contributed by atoms with Crippen LogP contribution in [0.4, 0.5) is 0 Å². The standard InChI is InChI=1S/C12H16BrNS/c1-9(2)7-10(14)8-15-12-6-4-3-5-11(12)13/h3-7,10H,8,14H2,1-2H3. The van der Waals surface area contributed by atoms with Crippen LogP contribution in [0.2, 0.25) is 0 Å². The fourth-order valence-electron chi connectivity index (χ4n) is 1.22. The highest BCUT2D eigenvalue weighted by Crippen LogP contribution is 2.27. The molecule has 0 aromatic heterocycles. The van der Waals surface area contributed by atoms with E-state index in [1.807, 2.05) is 12.1 Å². The third kappa shape index (κ3) is 4.87. The van der Waals surface area contributed by atoms with E-state index in [2.05, 4.69) is 48.0 Å². The first-order valence-corrected chi connectivity index (χ1v) is 6.65. The predicted octanol–water partition coefficient (Wildman–Crippen LogP) is 3.83. The van der Waals surface area contributed by atoms with E-state index in [1.165, 1.54) is 10.5 Å². The average Bonchev–Trinajstić information content (AvgIpc) is 2.15. The molecule has 82 valence electrons. The second kappa shape index (κ2) is 6.36. The lowest BCUT2D eigenvalue weighted by molar-refractivity contribution is 0.926. The van der Waals surface area contributed by atoms with Crippen LogP contribution in [0.1, 0.15) is 13.8 Å². The van der Waals surface area contributed by atoms with E-state index in [0.29, 0.717) is 0 Å². The summed E-state index contributed by atoms with van der Waals surface area (Å²) in [5.74, 6) is 0.911. The normalized spacial score (nSPS) is 12.3. The van der Waals surface area contributed by atoms with Crippen molar-refractivity contribution in [3.05, 3.63) is 40.4 Å². The van der Waals surface area contributed by atoms with Crippen LogP contribution in [-0.2, 0) is 0 Å². The molecule has 1 unspecified atom stereocenters. The molecule has 0 heterocycles. The van der Waals surface area contributed by atoms with E-state index in [9.17, 15) is 0 Å². The van der Waals surface area contributed by atoms with Gasteiger partial charge in [0.15, 0.2) is 0 Å². The minimum Gasteiger partial charge on any atom is -0.324 e. The summed E-state index contributed by atoms with van der Waals surface area (Å²) in [5.41, 5.74) is 7.23. The highest BCUT2D eigenvalue weighted by Gasteiger charge is 2.02. The van der Waals surface area contributed by atoms with E-state index in [4.69, 9.17) is 5.73 Å². The third-order valence-electron chi connectivity index (χ3n) is 1.82. The molecular formula is C12H16BrNS. The molecule has 0 radical (unpaired) electrons. The molecule has 0 saturated heterocycles. The molecule has 3 heteroatoms. The molecule has 0 amide bonds. The van der Waals surface area contributed by atoms with Gasteiger partial charge < -0.3 is 5.73 Å². The first-order valence-electron chi connectivity index (χ1n) is 4.87. The van der Waals surface area contributed by atoms with Crippen molar-refractivity contribution < 1.29 is 0 Å². The Hall–Kier alpha value is -0.250. The number of thioether (sulfide) groups is 1. The summed E-state index contributed by atoms with van der Waals surface area (Å²) in [4.78, 5) is 1.25. The monoisotopic (exact) mass is 285 g/mol. The molecule has 1 nitrogen and oxygen atoms in total. The number of allylic oxidation sites excluding steroid dienone is 1. The number of benzene rings is 1. The lowest BCUT2D eigenvalue weighted by Crippen LogP contribution is -2.20. The van der Waals surface area contributed by atoms with Crippen LogP contribution in [0.5, 0.6) is 0 Å². The molecular weight excluding hydrogens is 270 g/mol. The van der Waals surface area contributed by atoms with Gasteiger partial charge in [-0.3, -0.25) is 0 Å². The van der Waals surface area contributed by atoms with Crippen molar-refractivity contribution >= 4 is 27.7 Å². The average molecular weight is 286 g/mol. The summed E-state index contributed by atoms with van der Waals surface area (Å²) in [6, 6.07) is 8.34. The lowest BCUT2D eigenvalue weighted by atomic mass is 10.2. The molecule has 0 spiro atoms. The zero-order chi connectivity index (χ0) is 11.3. The quantitative estimate of drug-likeness (QED) is 0.672. The number of hydrogen-bond acceptors (Lipinski definition) is 2. The maximum Gasteiger partial charge on any atom is 0.0321 e. The Balaban J connectivity index is 2.51. The SMILES string of the molecule is CC(C)=CC(N)CSc1ccccc1Br. The zero-order valence-corrected chi connectivity index (χ0v) is 11.4. The van der Waals surface area contributed by atoms with Crippen molar-refractivity contribution in [1.82, 2.24) is 0 Å². The van der Waals surface area contributed by atoms with Gasteiger partial charge >= 0.3 is 0 Å². The van der Waals surface area contributed by atoms with Crippen molar-refractivity contribution in [1.29, 1.82) is 0 Å². The maximum atomic E-state index is 5.96. The topological polar surface area (TPSA) is 26.0 Å². The Bertz CT molecular complexity index is 345. The fraction of sp³-hybridized carbons (Fsp3) is 0.333. The molecule has 0 saturated carbocycles. The molecule has 0 aliphatic carbocycles. The second-order valence-corrected chi connectivity index (χ2v) is 5.57. The summed E-state index contributed by atoms with van der Waals surface area (Å²) in [6.45, 7) is 4.14. The number of rotatable bonds is 4. The Morgan fingerprint density at radius 2 is 2.13 bits per heavy atom. The molecule has 0 aliphatic heterocycles. The summed E-state index contributed by atoms with van der Waals surface area (Å²) in [7, 11) is 0. The van der Waals surface area contributed by atoms with Crippen molar-refractivity contribution in [3.8, 4) is 0 Å². The number of halogens is 1. The van der Waals surface area contributed by atoms with Crippen LogP contribution in [0, 0.1) is 0 Å². The lowest BCUT2D eigenvalue weighted by Gasteiger charge is -2.08. The van der Waals surface area contributed by atoms with E-state index in [-0.39, 0.29) is 6.04 Å². The predicted molar refractivity (Wildman–Crippen MR) is 72.3 cm³/mol. The van der Waals surface area contributed by atoms with Crippen LogP contribution < -0.4 is 5.73 Å². The molecule has 0 bridgehead atoms. The number of nitrogens with two attached hydrogens (primary N) is 1. The zero-order valence-electron chi connectivity index (χ0n) is 9.03. The van der Waals surface area contributed by atoms with Gasteiger partial charge in [0.05, 0.1) is 0 Å². The van der Waals surface area contributed by atoms with Crippen LogP contribution in [0.15, 0.2) is 45.3 Å². The minimum absolute atomic E-state index is 0.132. The second-order valence-electron chi connectivity index (χ2n) is 3.65. The van der Waals surface area contributed by atoms with Crippen LogP contribution in [0.3, 0.4) is 0 Å². The van der Waals surface area contributed by atoms with Crippen molar-refractivity contribution in [2.24, 2.45) is 5.73 Å². The molecule has 0 fully saturated rings. The molecule has 1 aromatic rings. The highest BCUT2D eigenvalue weighted by atomic mass is 79.9. The van der Waals surface area contributed by atoms with Gasteiger partial charge in [-0.05, 0) is 41.9 Å². The van der Waals surface area contributed by atoms with Gasteiger partial charge in [0.1, 0.15) is 0 Å². The Labute approximate surface area is 104 Å². The highest BCUT2D eigenvalue weighted by molar-refractivity contribution is 9.10. The van der Waals surface area contributed by atoms with Crippen molar-refractivity contribution in [2.45, 2.75) is 24.8 Å². The van der Waals surface area contributed by atoms with Crippen LogP contribution in [0.25, 0.3) is 0 Å². The summed E-state index contributed by atoms with van der Waals surface area (Å²) < 4.78 is 1.14. The Morgan fingerprint density at radius 3 is 2.73 bits per heavy atom. The van der Waals surface area contributed by atoms with Crippen molar-refractivity contribution in [2.75, 3.05) is 5.75 Å². The minimum atomic E-state index is 0.132. The molecule has 1 aromatic carbocycles. The molecule has 15 heavy (non-hydrogen) atoms. The Kier molecular flexibility index (Phi) is 5.43. The van der Waals surface area contributed by atoms with Gasteiger partial charge in [-0.15, -0.1) is 11.8 Å². The fourth-order valence-corrected chi connectivity index (χ4v) is 2.70.